The van der Waals surface area contributed by atoms with Crippen LogP contribution in [0.1, 0.15) is 11.1 Å². The summed E-state index contributed by atoms with van der Waals surface area (Å²) in [5.41, 5.74) is 1.91. The maximum Gasteiger partial charge on any atom is 0.297 e. The summed E-state index contributed by atoms with van der Waals surface area (Å²) in [7, 11) is 1.41. The molecule has 1 aromatic carbocycles. The van der Waals surface area contributed by atoms with Crippen LogP contribution in [0.4, 0.5) is 0 Å². The quantitative estimate of drug-likeness (QED) is 0.799. The molecule has 1 heterocycles. The monoisotopic (exact) mass is 264 g/mol. The van der Waals surface area contributed by atoms with Crippen LogP contribution in [0.3, 0.4) is 0 Å². The van der Waals surface area contributed by atoms with E-state index >= 15 is 0 Å². The predicted octanol–water partition coefficient (Wildman–Crippen LogP) is 2.26. The average molecular weight is 265 g/mol. The Hall–Kier alpha value is -1.81. The van der Waals surface area contributed by atoms with E-state index in [1.807, 2.05) is 31.2 Å². The van der Waals surface area contributed by atoms with E-state index < -0.39 is 0 Å². The maximum absolute atomic E-state index is 12.0. The Bertz CT molecular complexity index is 623. The fraction of sp³-hybridized carbons (Fsp3) is 0.231. The molecule has 94 valence electrons. The van der Waals surface area contributed by atoms with Crippen LogP contribution in [0.15, 0.2) is 35.4 Å². The zero-order valence-electron chi connectivity index (χ0n) is 10.2. The Morgan fingerprint density at radius 3 is 2.78 bits per heavy atom. The summed E-state index contributed by atoms with van der Waals surface area (Å²) in [5, 5.41) is 0.0866. The van der Waals surface area contributed by atoms with Crippen LogP contribution in [-0.2, 0) is 6.54 Å². The lowest BCUT2D eigenvalue weighted by Gasteiger charge is -2.09. The molecular formula is C13H13ClN2O2. The highest BCUT2D eigenvalue weighted by Gasteiger charge is 2.10. The van der Waals surface area contributed by atoms with Crippen molar-refractivity contribution >= 4 is 11.6 Å². The SMILES string of the molecule is COc1c(Cl)ncn(Cc2ccccc2C)c1=O. The van der Waals surface area contributed by atoms with Gasteiger partial charge >= 0.3 is 0 Å². The van der Waals surface area contributed by atoms with Gasteiger partial charge in [0.05, 0.1) is 20.0 Å². The van der Waals surface area contributed by atoms with Gasteiger partial charge in [0, 0.05) is 0 Å². The summed E-state index contributed by atoms with van der Waals surface area (Å²) in [4.78, 5) is 16.0. The van der Waals surface area contributed by atoms with Gasteiger partial charge in [-0.15, -0.1) is 0 Å². The number of benzene rings is 1. The van der Waals surface area contributed by atoms with Crippen LogP contribution in [0, 0.1) is 6.92 Å². The van der Waals surface area contributed by atoms with E-state index in [1.54, 1.807) is 0 Å². The van der Waals surface area contributed by atoms with Crippen LogP contribution in [0.5, 0.6) is 5.75 Å². The zero-order chi connectivity index (χ0) is 13.1. The smallest absolute Gasteiger partial charge is 0.297 e. The van der Waals surface area contributed by atoms with Gasteiger partial charge in [-0.05, 0) is 18.1 Å². The lowest BCUT2D eigenvalue weighted by Crippen LogP contribution is -2.23. The Labute approximate surface area is 110 Å². The van der Waals surface area contributed by atoms with Gasteiger partial charge in [-0.1, -0.05) is 35.9 Å². The van der Waals surface area contributed by atoms with E-state index in [1.165, 1.54) is 18.0 Å². The number of hydrogen-bond donors (Lipinski definition) is 0. The minimum Gasteiger partial charge on any atom is -0.489 e. The molecule has 2 rings (SSSR count). The molecule has 0 aliphatic rings. The van der Waals surface area contributed by atoms with Crippen molar-refractivity contribution in [3.63, 3.8) is 0 Å². The molecule has 0 amide bonds. The average Bonchev–Trinajstić information content (AvgIpc) is 2.36. The molecule has 18 heavy (non-hydrogen) atoms. The molecule has 0 N–H and O–H groups in total. The fourth-order valence-electron chi connectivity index (χ4n) is 1.71. The Kier molecular flexibility index (Phi) is 3.67. The van der Waals surface area contributed by atoms with Crippen molar-refractivity contribution in [2.24, 2.45) is 0 Å². The second-order valence-corrected chi connectivity index (χ2v) is 4.29. The maximum atomic E-state index is 12.0. The highest BCUT2D eigenvalue weighted by atomic mass is 35.5. The van der Waals surface area contributed by atoms with Crippen LogP contribution in [0.25, 0.3) is 0 Å². The lowest BCUT2D eigenvalue weighted by atomic mass is 10.1. The Morgan fingerprint density at radius 1 is 1.39 bits per heavy atom. The Balaban J connectivity index is 2.42. The first kappa shape index (κ1) is 12.6. The van der Waals surface area contributed by atoms with Gasteiger partial charge in [-0.2, -0.15) is 0 Å². The summed E-state index contributed by atoms with van der Waals surface area (Å²) in [6.45, 7) is 2.45. The number of ether oxygens (including phenoxy) is 1. The number of aryl methyl sites for hydroxylation is 1. The predicted molar refractivity (Wildman–Crippen MR) is 70.3 cm³/mol. The molecule has 0 radical (unpaired) electrons. The summed E-state index contributed by atoms with van der Waals surface area (Å²) in [6, 6.07) is 7.88. The van der Waals surface area contributed by atoms with Crippen LogP contribution < -0.4 is 10.3 Å². The summed E-state index contributed by atoms with van der Waals surface area (Å²) in [6.07, 6.45) is 1.43. The van der Waals surface area contributed by atoms with Crippen molar-refractivity contribution in [1.29, 1.82) is 0 Å². The molecule has 0 atom stereocenters. The first-order chi connectivity index (χ1) is 8.63. The molecule has 4 nitrogen and oxygen atoms in total. The van der Waals surface area contributed by atoms with E-state index in [4.69, 9.17) is 16.3 Å². The number of hydrogen-bond acceptors (Lipinski definition) is 3. The molecule has 0 saturated carbocycles. The van der Waals surface area contributed by atoms with Crippen LogP contribution >= 0.6 is 11.6 Å². The third kappa shape index (κ3) is 2.38. The van der Waals surface area contributed by atoms with Crippen molar-refractivity contribution in [3.05, 3.63) is 57.2 Å². The van der Waals surface area contributed by atoms with Crippen molar-refractivity contribution in [3.8, 4) is 5.75 Å². The largest absolute Gasteiger partial charge is 0.489 e. The van der Waals surface area contributed by atoms with Gasteiger partial charge in [0.1, 0.15) is 0 Å². The summed E-state index contributed by atoms with van der Waals surface area (Å²) < 4.78 is 6.44. The van der Waals surface area contributed by atoms with E-state index in [-0.39, 0.29) is 16.5 Å². The number of aromatic nitrogens is 2. The molecule has 5 heteroatoms. The first-order valence-electron chi connectivity index (χ1n) is 5.47. The minimum atomic E-state index is -0.277. The fourth-order valence-corrected chi connectivity index (χ4v) is 1.91. The number of nitrogens with zero attached hydrogens (tertiary/aromatic N) is 2. The van der Waals surface area contributed by atoms with E-state index in [2.05, 4.69) is 4.98 Å². The third-order valence-electron chi connectivity index (χ3n) is 2.76. The molecule has 0 aliphatic heterocycles. The number of rotatable bonds is 3. The van der Waals surface area contributed by atoms with Crippen LogP contribution in [-0.4, -0.2) is 16.7 Å². The van der Waals surface area contributed by atoms with Gasteiger partial charge in [-0.25, -0.2) is 4.98 Å². The Morgan fingerprint density at radius 2 is 2.11 bits per heavy atom. The lowest BCUT2D eigenvalue weighted by molar-refractivity contribution is 0.401. The second kappa shape index (κ2) is 5.23. The highest BCUT2D eigenvalue weighted by Crippen LogP contribution is 2.15. The van der Waals surface area contributed by atoms with E-state index in [9.17, 15) is 4.79 Å². The van der Waals surface area contributed by atoms with Gasteiger partial charge in [0.25, 0.3) is 5.56 Å². The van der Waals surface area contributed by atoms with Crippen molar-refractivity contribution in [2.75, 3.05) is 7.11 Å². The summed E-state index contributed by atoms with van der Waals surface area (Å²) >= 11 is 5.79. The molecule has 0 spiro atoms. The van der Waals surface area contributed by atoms with Crippen molar-refractivity contribution < 1.29 is 4.74 Å². The minimum absolute atomic E-state index is 0.0766. The zero-order valence-corrected chi connectivity index (χ0v) is 10.9. The van der Waals surface area contributed by atoms with Gasteiger partial charge in [0.15, 0.2) is 5.15 Å². The molecule has 0 fully saturated rings. The van der Waals surface area contributed by atoms with E-state index in [0.717, 1.165) is 11.1 Å². The van der Waals surface area contributed by atoms with Crippen molar-refractivity contribution in [1.82, 2.24) is 9.55 Å². The van der Waals surface area contributed by atoms with Gasteiger partial charge in [-0.3, -0.25) is 9.36 Å². The van der Waals surface area contributed by atoms with Crippen molar-refractivity contribution in [2.45, 2.75) is 13.5 Å². The van der Waals surface area contributed by atoms with Gasteiger partial charge in [0.2, 0.25) is 5.75 Å². The first-order valence-corrected chi connectivity index (χ1v) is 5.84. The molecule has 1 aromatic heterocycles. The van der Waals surface area contributed by atoms with E-state index in [0.29, 0.717) is 6.54 Å². The molecule has 0 unspecified atom stereocenters. The molecule has 2 aromatic rings. The normalized spacial score (nSPS) is 10.4. The number of methoxy groups -OCH3 is 1. The molecule has 0 saturated heterocycles. The third-order valence-corrected chi connectivity index (χ3v) is 3.03. The highest BCUT2D eigenvalue weighted by molar-refractivity contribution is 6.30. The standard InChI is InChI=1S/C13H13ClN2O2/c1-9-5-3-4-6-10(9)7-16-8-15-12(14)11(18-2)13(16)17/h3-6,8H,7H2,1-2H3. The molecule has 0 aliphatic carbocycles. The topological polar surface area (TPSA) is 44.1 Å². The molecule has 0 bridgehead atoms. The van der Waals surface area contributed by atoms with Crippen LogP contribution in [0.2, 0.25) is 5.15 Å². The molecular weight excluding hydrogens is 252 g/mol. The summed E-state index contributed by atoms with van der Waals surface area (Å²) in [5.74, 6) is 0.0766. The second-order valence-electron chi connectivity index (χ2n) is 3.93. The van der Waals surface area contributed by atoms with Gasteiger partial charge < -0.3 is 4.74 Å². The number of halogens is 1.